The van der Waals surface area contributed by atoms with E-state index in [0.29, 0.717) is 10.9 Å². The highest BCUT2D eigenvalue weighted by atomic mass is 79.9. The lowest BCUT2D eigenvalue weighted by atomic mass is 10.3. The first-order valence-corrected chi connectivity index (χ1v) is 5.65. The SMILES string of the molecule is N=C1CCCN1c1ccc(Br)cc1Cl. The van der Waals surface area contributed by atoms with E-state index in [0.717, 1.165) is 29.5 Å². The standard InChI is InChI=1S/C10H10BrClN2/c11-7-3-4-9(8(12)6-7)14-5-1-2-10(14)13/h3-4,6,13H,1-2,5H2. The fourth-order valence-corrected chi connectivity index (χ4v) is 2.42. The van der Waals surface area contributed by atoms with Gasteiger partial charge in [0.05, 0.1) is 10.7 Å². The van der Waals surface area contributed by atoms with Crippen molar-refractivity contribution in [3.05, 3.63) is 27.7 Å². The van der Waals surface area contributed by atoms with Gasteiger partial charge in [0, 0.05) is 17.4 Å². The molecule has 0 amide bonds. The molecule has 0 radical (unpaired) electrons. The second kappa shape index (κ2) is 3.91. The maximum absolute atomic E-state index is 7.75. The molecular formula is C10H10BrClN2. The number of hydrogen-bond acceptors (Lipinski definition) is 1. The zero-order chi connectivity index (χ0) is 10.1. The maximum Gasteiger partial charge on any atom is 0.100 e. The van der Waals surface area contributed by atoms with E-state index in [9.17, 15) is 0 Å². The van der Waals surface area contributed by atoms with Crippen LogP contribution < -0.4 is 4.90 Å². The molecule has 1 aromatic carbocycles. The molecule has 0 unspecified atom stereocenters. The molecule has 0 atom stereocenters. The lowest BCUT2D eigenvalue weighted by molar-refractivity contribution is 0.956. The Labute approximate surface area is 96.5 Å². The van der Waals surface area contributed by atoms with E-state index in [1.807, 2.05) is 23.1 Å². The molecule has 1 aromatic rings. The van der Waals surface area contributed by atoms with Gasteiger partial charge in [0.1, 0.15) is 5.84 Å². The topological polar surface area (TPSA) is 27.1 Å². The van der Waals surface area contributed by atoms with E-state index < -0.39 is 0 Å². The third kappa shape index (κ3) is 1.79. The van der Waals surface area contributed by atoms with Gasteiger partial charge in [0.25, 0.3) is 0 Å². The van der Waals surface area contributed by atoms with Crippen LogP contribution in [0.25, 0.3) is 0 Å². The lowest BCUT2D eigenvalue weighted by Crippen LogP contribution is -2.23. The summed E-state index contributed by atoms with van der Waals surface area (Å²) < 4.78 is 0.969. The number of nitrogens with one attached hydrogen (secondary N) is 1. The zero-order valence-corrected chi connectivity index (χ0v) is 9.90. The highest BCUT2D eigenvalue weighted by molar-refractivity contribution is 9.10. The largest absolute Gasteiger partial charge is 0.329 e. The summed E-state index contributed by atoms with van der Waals surface area (Å²) in [6.07, 6.45) is 1.90. The third-order valence-electron chi connectivity index (χ3n) is 2.32. The summed E-state index contributed by atoms with van der Waals surface area (Å²) in [4.78, 5) is 1.97. The minimum absolute atomic E-state index is 0.661. The number of rotatable bonds is 1. The van der Waals surface area contributed by atoms with E-state index in [2.05, 4.69) is 15.9 Å². The van der Waals surface area contributed by atoms with Crippen molar-refractivity contribution in [3.8, 4) is 0 Å². The molecule has 2 nitrogen and oxygen atoms in total. The molecule has 1 aliphatic rings. The van der Waals surface area contributed by atoms with Gasteiger partial charge in [-0.3, -0.25) is 5.41 Å². The van der Waals surface area contributed by atoms with Crippen LogP contribution in [0.5, 0.6) is 0 Å². The molecule has 4 heteroatoms. The Bertz CT molecular complexity index is 378. The van der Waals surface area contributed by atoms with Crippen molar-refractivity contribution < 1.29 is 0 Å². The van der Waals surface area contributed by atoms with Crippen LogP contribution in [0.1, 0.15) is 12.8 Å². The van der Waals surface area contributed by atoms with Crippen molar-refractivity contribution in [2.45, 2.75) is 12.8 Å². The fourth-order valence-electron chi connectivity index (χ4n) is 1.64. The van der Waals surface area contributed by atoms with Crippen LogP contribution in [0.3, 0.4) is 0 Å². The monoisotopic (exact) mass is 272 g/mol. The molecule has 0 bridgehead atoms. The third-order valence-corrected chi connectivity index (χ3v) is 3.12. The van der Waals surface area contributed by atoms with Crippen molar-refractivity contribution >= 4 is 39.1 Å². The second-order valence-corrected chi connectivity index (χ2v) is 4.62. The first-order chi connectivity index (χ1) is 6.68. The summed E-state index contributed by atoms with van der Waals surface area (Å²) >= 11 is 9.47. The zero-order valence-electron chi connectivity index (χ0n) is 7.56. The van der Waals surface area contributed by atoms with Crippen LogP contribution in [0, 0.1) is 5.41 Å². The molecule has 74 valence electrons. The van der Waals surface area contributed by atoms with Crippen molar-refractivity contribution in [1.29, 1.82) is 5.41 Å². The Morgan fingerprint density at radius 1 is 1.43 bits per heavy atom. The number of hydrogen-bond donors (Lipinski definition) is 1. The summed E-state index contributed by atoms with van der Waals surface area (Å²) in [7, 11) is 0. The lowest BCUT2D eigenvalue weighted by Gasteiger charge is -2.19. The quantitative estimate of drug-likeness (QED) is 0.830. The summed E-state index contributed by atoms with van der Waals surface area (Å²) in [6, 6.07) is 5.77. The van der Waals surface area contributed by atoms with E-state index in [-0.39, 0.29) is 0 Å². The molecule has 1 aliphatic heterocycles. The molecular weight excluding hydrogens is 263 g/mol. The number of amidine groups is 1. The minimum atomic E-state index is 0.661. The summed E-state index contributed by atoms with van der Waals surface area (Å²) in [5.41, 5.74) is 0.942. The molecule has 1 fully saturated rings. The normalized spacial score (nSPS) is 16.4. The molecule has 1 saturated heterocycles. The molecule has 14 heavy (non-hydrogen) atoms. The number of nitrogens with zero attached hydrogens (tertiary/aromatic N) is 1. The number of anilines is 1. The predicted molar refractivity (Wildman–Crippen MR) is 63.5 cm³/mol. The molecule has 1 N–H and O–H groups in total. The molecule has 1 heterocycles. The Balaban J connectivity index is 2.36. The van der Waals surface area contributed by atoms with E-state index in [4.69, 9.17) is 17.0 Å². The van der Waals surface area contributed by atoms with Crippen molar-refractivity contribution in [3.63, 3.8) is 0 Å². The van der Waals surface area contributed by atoms with Gasteiger partial charge >= 0.3 is 0 Å². The van der Waals surface area contributed by atoms with Gasteiger partial charge in [0.2, 0.25) is 0 Å². The Morgan fingerprint density at radius 3 is 2.79 bits per heavy atom. The smallest absolute Gasteiger partial charge is 0.100 e. The molecule has 0 aliphatic carbocycles. The van der Waals surface area contributed by atoms with Gasteiger partial charge in [-0.1, -0.05) is 27.5 Å². The minimum Gasteiger partial charge on any atom is -0.329 e. The van der Waals surface area contributed by atoms with Gasteiger partial charge < -0.3 is 4.90 Å². The Morgan fingerprint density at radius 2 is 2.21 bits per heavy atom. The second-order valence-electron chi connectivity index (χ2n) is 3.30. The summed E-state index contributed by atoms with van der Waals surface area (Å²) in [6.45, 7) is 0.903. The van der Waals surface area contributed by atoms with Gasteiger partial charge in [0.15, 0.2) is 0 Å². The molecule has 0 aromatic heterocycles. The van der Waals surface area contributed by atoms with Crippen molar-refractivity contribution in [2.75, 3.05) is 11.4 Å². The van der Waals surface area contributed by atoms with Crippen LogP contribution >= 0.6 is 27.5 Å². The average molecular weight is 274 g/mol. The van der Waals surface area contributed by atoms with E-state index >= 15 is 0 Å². The number of benzene rings is 1. The van der Waals surface area contributed by atoms with E-state index in [1.54, 1.807) is 0 Å². The van der Waals surface area contributed by atoms with Crippen LogP contribution in [0.4, 0.5) is 5.69 Å². The van der Waals surface area contributed by atoms with Crippen molar-refractivity contribution in [2.24, 2.45) is 0 Å². The van der Waals surface area contributed by atoms with Gasteiger partial charge in [-0.25, -0.2) is 0 Å². The summed E-state index contributed by atoms with van der Waals surface area (Å²) in [5.74, 6) is 0.661. The van der Waals surface area contributed by atoms with Crippen LogP contribution in [-0.4, -0.2) is 12.4 Å². The van der Waals surface area contributed by atoms with Crippen LogP contribution in [0.2, 0.25) is 5.02 Å². The summed E-state index contributed by atoms with van der Waals surface area (Å²) in [5, 5.41) is 8.45. The first kappa shape index (κ1) is 9.99. The number of halogens is 2. The predicted octanol–water partition coefficient (Wildman–Crippen LogP) is 3.68. The molecule has 2 rings (SSSR count). The Kier molecular flexibility index (Phi) is 2.79. The Hall–Kier alpha value is -0.540. The highest BCUT2D eigenvalue weighted by Gasteiger charge is 2.20. The van der Waals surface area contributed by atoms with Gasteiger partial charge in [-0.15, -0.1) is 0 Å². The van der Waals surface area contributed by atoms with E-state index in [1.165, 1.54) is 0 Å². The average Bonchev–Trinajstić information content (AvgIpc) is 2.52. The maximum atomic E-state index is 7.75. The van der Waals surface area contributed by atoms with Gasteiger partial charge in [-0.2, -0.15) is 0 Å². The first-order valence-electron chi connectivity index (χ1n) is 4.48. The van der Waals surface area contributed by atoms with Crippen molar-refractivity contribution in [1.82, 2.24) is 0 Å². The van der Waals surface area contributed by atoms with Gasteiger partial charge in [-0.05, 0) is 24.6 Å². The van der Waals surface area contributed by atoms with Crippen LogP contribution in [-0.2, 0) is 0 Å². The van der Waals surface area contributed by atoms with Crippen LogP contribution in [0.15, 0.2) is 22.7 Å². The molecule has 0 saturated carbocycles. The fraction of sp³-hybridized carbons (Fsp3) is 0.300. The highest BCUT2D eigenvalue weighted by Crippen LogP contribution is 2.31. The molecule has 0 spiro atoms.